The van der Waals surface area contributed by atoms with Gasteiger partial charge in [-0.05, 0) is 43.7 Å². The third-order valence-electron chi connectivity index (χ3n) is 3.93. The summed E-state index contributed by atoms with van der Waals surface area (Å²) < 4.78 is 0. The third-order valence-corrected chi connectivity index (χ3v) is 4.10. The Morgan fingerprint density at radius 1 is 1.32 bits per heavy atom. The average Bonchev–Trinajstić information content (AvgIpc) is 2.60. The van der Waals surface area contributed by atoms with E-state index < -0.39 is 0 Å². The summed E-state index contributed by atoms with van der Waals surface area (Å²) in [6, 6.07) is 0. The van der Waals surface area contributed by atoms with Crippen LogP contribution in [0.4, 0.5) is 11.5 Å². The summed E-state index contributed by atoms with van der Waals surface area (Å²) in [4.78, 5) is 10.7. The quantitative estimate of drug-likeness (QED) is 0.863. The fraction of sp³-hybridized carbons (Fsp3) is 0.714. The maximum Gasteiger partial charge on any atom is 0.224 e. The van der Waals surface area contributed by atoms with E-state index in [-0.39, 0.29) is 5.28 Å². The lowest BCUT2D eigenvalue weighted by Crippen LogP contribution is -2.27. The van der Waals surface area contributed by atoms with Crippen LogP contribution in [0, 0.1) is 12.8 Å². The molecule has 1 aromatic rings. The van der Waals surface area contributed by atoms with E-state index in [1.54, 1.807) is 0 Å². The van der Waals surface area contributed by atoms with Gasteiger partial charge < -0.3 is 10.6 Å². The molecule has 4 nitrogen and oxygen atoms in total. The Hall–Kier alpha value is -1.03. The van der Waals surface area contributed by atoms with Crippen LogP contribution in [0.25, 0.3) is 0 Å². The first-order chi connectivity index (χ1) is 9.11. The summed E-state index contributed by atoms with van der Waals surface area (Å²) in [5, 5.41) is 0.288. The van der Waals surface area contributed by atoms with Crippen LogP contribution >= 0.6 is 11.6 Å². The first-order valence-corrected chi connectivity index (χ1v) is 7.54. The van der Waals surface area contributed by atoms with Crippen molar-refractivity contribution >= 4 is 23.1 Å². The molecule has 2 rings (SSSR count). The van der Waals surface area contributed by atoms with Crippen LogP contribution in [0.15, 0.2) is 0 Å². The van der Waals surface area contributed by atoms with Gasteiger partial charge >= 0.3 is 0 Å². The number of nitrogens with zero attached hydrogens (tertiary/aromatic N) is 3. The Labute approximate surface area is 120 Å². The summed E-state index contributed by atoms with van der Waals surface area (Å²) in [6.45, 7) is 6.16. The van der Waals surface area contributed by atoms with Gasteiger partial charge in [0.2, 0.25) is 5.28 Å². The highest BCUT2D eigenvalue weighted by Crippen LogP contribution is 2.29. The minimum Gasteiger partial charge on any atom is -0.394 e. The molecule has 0 radical (unpaired) electrons. The van der Waals surface area contributed by atoms with Crippen molar-refractivity contribution < 1.29 is 0 Å². The molecule has 5 heteroatoms. The summed E-state index contributed by atoms with van der Waals surface area (Å²) >= 11 is 5.96. The lowest BCUT2D eigenvalue weighted by molar-refractivity contribution is 0.435. The summed E-state index contributed by atoms with van der Waals surface area (Å²) in [7, 11) is 0. The van der Waals surface area contributed by atoms with E-state index in [4.69, 9.17) is 17.3 Å². The van der Waals surface area contributed by atoms with E-state index in [2.05, 4.69) is 21.8 Å². The van der Waals surface area contributed by atoms with Crippen molar-refractivity contribution in [3.05, 3.63) is 11.0 Å². The zero-order valence-electron chi connectivity index (χ0n) is 11.8. The number of anilines is 2. The first kappa shape index (κ1) is 14.4. The molecule has 0 bridgehead atoms. The van der Waals surface area contributed by atoms with Crippen LogP contribution in [0.2, 0.25) is 5.28 Å². The van der Waals surface area contributed by atoms with E-state index in [1.807, 2.05) is 6.92 Å². The highest BCUT2D eigenvalue weighted by Gasteiger charge is 2.20. The molecule has 1 aromatic heterocycles. The molecule has 2 N–H and O–H groups in total. The van der Waals surface area contributed by atoms with Gasteiger partial charge in [-0.15, -0.1) is 0 Å². The second-order valence-electron chi connectivity index (χ2n) is 5.39. The number of nitrogen functional groups attached to an aromatic ring is 1. The molecule has 1 unspecified atom stereocenters. The Kier molecular flexibility index (Phi) is 4.86. The summed E-state index contributed by atoms with van der Waals surface area (Å²) in [5.41, 5.74) is 7.53. The van der Waals surface area contributed by atoms with E-state index in [0.717, 1.165) is 30.5 Å². The summed E-state index contributed by atoms with van der Waals surface area (Å²) in [6.07, 6.45) is 6.32. The molecule has 1 aliphatic rings. The molecule has 1 aliphatic heterocycles. The van der Waals surface area contributed by atoms with Crippen LogP contribution in [0.3, 0.4) is 0 Å². The van der Waals surface area contributed by atoms with Gasteiger partial charge in [0, 0.05) is 13.1 Å². The number of aromatic nitrogens is 2. The maximum absolute atomic E-state index is 6.10. The molecule has 0 spiro atoms. The van der Waals surface area contributed by atoms with Gasteiger partial charge in [-0.2, -0.15) is 4.98 Å². The van der Waals surface area contributed by atoms with Crippen molar-refractivity contribution in [2.75, 3.05) is 23.7 Å². The average molecular weight is 283 g/mol. The molecule has 106 valence electrons. The largest absolute Gasteiger partial charge is 0.394 e. The van der Waals surface area contributed by atoms with Crippen LogP contribution in [-0.4, -0.2) is 23.1 Å². The van der Waals surface area contributed by atoms with E-state index >= 15 is 0 Å². The smallest absolute Gasteiger partial charge is 0.224 e. The van der Waals surface area contributed by atoms with Gasteiger partial charge in [-0.1, -0.05) is 19.8 Å². The number of halogens is 1. The molecule has 0 saturated carbocycles. The molecule has 1 atom stereocenters. The number of nitrogens with two attached hydrogens (primary N) is 1. The van der Waals surface area contributed by atoms with Gasteiger partial charge in [-0.25, -0.2) is 4.98 Å². The number of hydrogen-bond acceptors (Lipinski definition) is 4. The van der Waals surface area contributed by atoms with Crippen molar-refractivity contribution in [2.45, 2.75) is 46.0 Å². The van der Waals surface area contributed by atoms with Gasteiger partial charge in [0.05, 0.1) is 11.4 Å². The van der Waals surface area contributed by atoms with Crippen LogP contribution in [0.5, 0.6) is 0 Å². The first-order valence-electron chi connectivity index (χ1n) is 7.16. The van der Waals surface area contributed by atoms with Crippen LogP contribution < -0.4 is 10.6 Å². The van der Waals surface area contributed by atoms with Gasteiger partial charge in [0.1, 0.15) is 0 Å². The Morgan fingerprint density at radius 2 is 2.11 bits per heavy atom. The normalized spacial score (nSPS) is 20.4. The minimum atomic E-state index is 0.288. The molecule has 0 aliphatic carbocycles. The van der Waals surface area contributed by atoms with Gasteiger partial charge in [0.15, 0.2) is 5.82 Å². The fourth-order valence-corrected chi connectivity index (χ4v) is 3.06. The van der Waals surface area contributed by atoms with Crippen LogP contribution in [0.1, 0.15) is 44.7 Å². The topological polar surface area (TPSA) is 55.0 Å². The zero-order chi connectivity index (χ0) is 13.8. The molecule has 1 saturated heterocycles. The van der Waals surface area contributed by atoms with Gasteiger partial charge in [0.25, 0.3) is 0 Å². The van der Waals surface area contributed by atoms with Crippen molar-refractivity contribution in [1.29, 1.82) is 0 Å². The van der Waals surface area contributed by atoms with Crippen molar-refractivity contribution in [3.63, 3.8) is 0 Å². The third kappa shape index (κ3) is 3.50. The number of hydrogen-bond donors (Lipinski definition) is 1. The molecular weight excluding hydrogens is 260 g/mol. The van der Waals surface area contributed by atoms with Gasteiger partial charge in [-0.3, -0.25) is 0 Å². The summed E-state index contributed by atoms with van der Waals surface area (Å²) in [5.74, 6) is 1.66. The van der Waals surface area contributed by atoms with Crippen molar-refractivity contribution in [3.8, 4) is 0 Å². The van der Waals surface area contributed by atoms with E-state index in [1.165, 1.54) is 32.1 Å². The monoisotopic (exact) mass is 282 g/mol. The highest BCUT2D eigenvalue weighted by molar-refractivity contribution is 6.28. The molecule has 0 aromatic carbocycles. The second kappa shape index (κ2) is 6.42. The standard InChI is InChI=1S/C14H23ClN4/c1-3-5-11-6-4-8-19(9-7-11)13-12(16)10(2)17-14(15)18-13/h11H,3-9,16H2,1-2H3. The molecule has 0 amide bonds. The Balaban J connectivity index is 2.14. The van der Waals surface area contributed by atoms with Crippen molar-refractivity contribution in [2.24, 2.45) is 5.92 Å². The SMILES string of the molecule is CCCC1CCCN(c2nc(Cl)nc(C)c2N)CC1. The Morgan fingerprint density at radius 3 is 2.84 bits per heavy atom. The lowest BCUT2D eigenvalue weighted by atomic mass is 9.96. The molecule has 2 heterocycles. The van der Waals surface area contributed by atoms with Crippen molar-refractivity contribution in [1.82, 2.24) is 9.97 Å². The fourth-order valence-electron chi connectivity index (χ4n) is 2.85. The predicted molar refractivity (Wildman–Crippen MR) is 80.7 cm³/mol. The molecule has 1 fully saturated rings. The lowest BCUT2D eigenvalue weighted by Gasteiger charge is -2.23. The zero-order valence-corrected chi connectivity index (χ0v) is 12.6. The number of aryl methyl sites for hydroxylation is 1. The predicted octanol–water partition coefficient (Wildman–Crippen LogP) is 3.43. The van der Waals surface area contributed by atoms with Crippen LogP contribution in [-0.2, 0) is 0 Å². The number of rotatable bonds is 3. The van der Waals surface area contributed by atoms with E-state index in [0.29, 0.717) is 5.69 Å². The second-order valence-corrected chi connectivity index (χ2v) is 5.73. The minimum absolute atomic E-state index is 0.288. The maximum atomic E-state index is 6.10. The Bertz CT molecular complexity index is 436. The van der Waals surface area contributed by atoms with E-state index in [9.17, 15) is 0 Å². The molecule has 19 heavy (non-hydrogen) atoms. The molecular formula is C14H23ClN4. The highest BCUT2D eigenvalue weighted by atomic mass is 35.5.